The van der Waals surface area contributed by atoms with Crippen LogP contribution < -0.4 is 0 Å². The molecule has 1 fully saturated rings. The predicted molar refractivity (Wildman–Crippen MR) is 73.4 cm³/mol. The number of hydrogen-bond acceptors (Lipinski definition) is 4. The fourth-order valence-electron chi connectivity index (χ4n) is 2.18. The van der Waals surface area contributed by atoms with Crippen LogP contribution in [0, 0.1) is 0 Å². The maximum absolute atomic E-state index is 12.4. The minimum absolute atomic E-state index is 0.107. The highest BCUT2D eigenvalue weighted by Gasteiger charge is 2.28. The zero-order valence-electron chi connectivity index (χ0n) is 9.97. The molecule has 3 rings (SSSR count). The molecule has 7 heteroatoms. The van der Waals surface area contributed by atoms with Gasteiger partial charge in [0.25, 0.3) is 5.91 Å². The summed E-state index contributed by atoms with van der Waals surface area (Å²) in [6, 6.07) is 3.65. The Morgan fingerprint density at radius 2 is 2.42 bits per heavy atom. The van der Waals surface area contributed by atoms with Crippen LogP contribution in [0.15, 0.2) is 18.3 Å². The average Bonchev–Trinajstić information content (AvgIpc) is 3.07. The fourth-order valence-corrected chi connectivity index (χ4v) is 3.23. The van der Waals surface area contributed by atoms with E-state index in [1.54, 1.807) is 11.0 Å². The summed E-state index contributed by atoms with van der Waals surface area (Å²) in [6.07, 6.45) is 1.73. The van der Waals surface area contributed by atoms with Gasteiger partial charge in [0.15, 0.2) is 0 Å². The van der Waals surface area contributed by atoms with Crippen LogP contribution in [0.4, 0.5) is 0 Å². The number of amides is 1. The van der Waals surface area contributed by atoms with E-state index in [9.17, 15) is 9.90 Å². The van der Waals surface area contributed by atoms with E-state index in [0.29, 0.717) is 35.1 Å². The third kappa shape index (κ3) is 2.39. The number of hydrogen-bond donors (Lipinski definition) is 2. The van der Waals surface area contributed by atoms with E-state index in [4.69, 9.17) is 11.6 Å². The standard InChI is InChI=1S/C12H12ClN3O2S/c13-10-2-1-9(19-10)11-8(5-14-15-11)12(18)16-4-3-7(17)6-16/h1-2,5,7,17H,3-4,6H2,(H,14,15)/t7-/m0/s1. The fraction of sp³-hybridized carbons (Fsp3) is 0.333. The number of thiophene rings is 1. The third-order valence-electron chi connectivity index (χ3n) is 3.14. The Balaban J connectivity index is 1.90. The average molecular weight is 298 g/mol. The highest BCUT2D eigenvalue weighted by molar-refractivity contribution is 7.19. The normalized spacial score (nSPS) is 19.1. The summed E-state index contributed by atoms with van der Waals surface area (Å²) in [7, 11) is 0. The smallest absolute Gasteiger partial charge is 0.257 e. The molecule has 0 saturated carbocycles. The molecule has 1 aliphatic rings. The van der Waals surface area contributed by atoms with Crippen molar-refractivity contribution in [1.82, 2.24) is 15.1 Å². The molecule has 100 valence electrons. The Bertz CT molecular complexity index is 610. The van der Waals surface area contributed by atoms with Gasteiger partial charge in [-0.25, -0.2) is 0 Å². The van der Waals surface area contributed by atoms with Crippen molar-refractivity contribution < 1.29 is 9.90 Å². The third-order valence-corrected chi connectivity index (χ3v) is 4.39. The Morgan fingerprint density at radius 1 is 1.58 bits per heavy atom. The van der Waals surface area contributed by atoms with Gasteiger partial charge in [-0.3, -0.25) is 9.89 Å². The van der Waals surface area contributed by atoms with Gasteiger partial charge in [-0.2, -0.15) is 5.10 Å². The van der Waals surface area contributed by atoms with Gasteiger partial charge in [0.05, 0.1) is 32.8 Å². The summed E-state index contributed by atoms with van der Waals surface area (Å²) in [6.45, 7) is 0.963. The minimum atomic E-state index is -0.421. The molecule has 2 aromatic rings. The van der Waals surface area contributed by atoms with Gasteiger partial charge >= 0.3 is 0 Å². The van der Waals surface area contributed by atoms with Crippen molar-refractivity contribution in [1.29, 1.82) is 0 Å². The van der Waals surface area contributed by atoms with Crippen LogP contribution >= 0.6 is 22.9 Å². The summed E-state index contributed by atoms with van der Waals surface area (Å²) < 4.78 is 0.666. The van der Waals surface area contributed by atoms with Crippen LogP contribution in [0.3, 0.4) is 0 Å². The van der Waals surface area contributed by atoms with E-state index >= 15 is 0 Å². The first-order valence-corrected chi connectivity index (χ1v) is 7.11. The van der Waals surface area contributed by atoms with Crippen molar-refractivity contribution in [2.75, 3.05) is 13.1 Å². The van der Waals surface area contributed by atoms with Crippen molar-refractivity contribution >= 4 is 28.8 Å². The van der Waals surface area contributed by atoms with Crippen molar-refractivity contribution in [3.05, 3.63) is 28.2 Å². The predicted octanol–water partition coefficient (Wildman–Crippen LogP) is 2.00. The lowest BCUT2D eigenvalue weighted by Gasteiger charge is -2.14. The van der Waals surface area contributed by atoms with Crippen LogP contribution in [0.2, 0.25) is 4.34 Å². The molecule has 0 aliphatic carbocycles. The number of carbonyl (C=O) groups excluding carboxylic acids is 1. The van der Waals surface area contributed by atoms with Crippen LogP contribution in [-0.2, 0) is 0 Å². The quantitative estimate of drug-likeness (QED) is 0.891. The summed E-state index contributed by atoms with van der Waals surface area (Å²) in [5, 5.41) is 16.3. The molecule has 0 radical (unpaired) electrons. The number of nitrogens with zero attached hydrogens (tertiary/aromatic N) is 2. The molecule has 3 heterocycles. The zero-order chi connectivity index (χ0) is 13.4. The van der Waals surface area contributed by atoms with Crippen LogP contribution in [0.5, 0.6) is 0 Å². The second-order valence-corrected chi connectivity index (χ2v) is 6.17. The van der Waals surface area contributed by atoms with Gasteiger partial charge in [-0.1, -0.05) is 11.6 Å². The lowest BCUT2D eigenvalue weighted by molar-refractivity contribution is 0.0766. The lowest BCUT2D eigenvalue weighted by Crippen LogP contribution is -2.29. The largest absolute Gasteiger partial charge is 0.391 e. The van der Waals surface area contributed by atoms with Crippen LogP contribution in [-0.4, -0.2) is 45.3 Å². The van der Waals surface area contributed by atoms with E-state index in [1.165, 1.54) is 17.5 Å². The van der Waals surface area contributed by atoms with E-state index in [-0.39, 0.29) is 5.91 Å². The number of halogens is 1. The van der Waals surface area contributed by atoms with Gasteiger partial charge in [-0.15, -0.1) is 11.3 Å². The zero-order valence-corrected chi connectivity index (χ0v) is 11.5. The molecule has 0 unspecified atom stereocenters. The van der Waals surface area contributed by atoms with E-state index in [0.717, 1.165) is 4.88 Å². The first kappa shape index (κ1) is 12.7. The molecular formula is C12H12ClN3O2S. The Hall–Kier alpha value is -1.37. The molecule has 2 N–H and O–H groups in total. The van der Waals surface area contributed by atoms with Crippen LogP contribution in [0.25, 0.3) is 10.6 Å². The minimum Gasteiger partial charge on any atom is -0.391 e. The SMILES string of the molecule is O=C(c1cn[nH]c1-c1ccc(Cl)s1)N1CC[C@H](O)C1. The number of likely N-dealkylation sites (tertiary alicyclic amines) is 1. The summed E-state index contributed by atoms with van der Waals surface area (Å²) >= 11 is 7.31. The molecule has 1 amide bonds. The van der Waals surface area contributed by atoms with Crippen molar-refractivity contribution in [3.63, 3.8) is 0 Å². The number of β-amino-alcohol motifs (C(OH)–C–C–N with tert-alkyl or cyclic N) is 1. The van der Waals surface area contributed by atoms with E-state index in [2.05, 4.69) is 10.2 Å². The molecule has 0 aromatic carbocycles. The maximum atomic E-state index is 12.4. The molecule has 0 bridgehead atoms. The van der Waals surface area contributed by atoms with E-state index in [1.807, 2.05) is 6.07 Å². The molecule has 2 aromatic heterocycles. The maximum Gasteiger partial charge on any atom is 0.257 e. The summed E-state index contributed by atoms with van der Waals surface area (Å²) in [5.74, 6) is -0.107. The summed E-state index contributed by atoms with van der Waals surface area (Å²) in [4.78, 5) is 14.9. The Labute approximate surface area is 118 Å². The first-order valence-electron chi connectivity index (χ1n) is 5.91. The molecule has 1 saturated heterocycles. The lowest BCUT2D eigenvalue weighted by atomic mass is 10.2. The van der Waals surface area contributed by atoms with Crippen molar-refractivity contribution in [2.24, 2.45) is 0 Å². The second-order valence-electron chi connectivity index (χ2n) is 4.46. The Morgan fingerprint density at radius 3 is 3.05 bits per heavy atom. The number of aliphatic hydroxyl groups is 1. The monoisotopic (exact) mass is 297 g/mol. The molecule has 1 aliphatic heterocycles. The van der Waals surface area contributed by atoms with Crippen molar-refractivity contribution in [2.45, 2.75) is 12.5 Å². The highest BCUT2D eigenvalue weighted by atomic mass is 35.5. The van der Waals surface area contributed by atoms with Gasteiger partial charge < -0.3 is 10.0 Å². The van der Waals surface area contributed by atoms with Gasteiger partial charge in [-0.05, 0) is 18.6 Å². The molecule has 1 atom stereocenters. The van der Waals surface area contributed by atoms with Crippen LogP contribution in [0.1, 0.15) is 16.8 Å². The number of H-pyrrole nitrogens is 1. The molecule has 19 heavy (non-hydrogen) atoms. The summed E-state index contributed by atoms with van der Waals surface area (Å²) in [5.41, 5.74) is 1.20. The van der Waals surface area contributed by atoms with Gasteiger partial charge in [0.2, 0.25) is 0 Å². The molecule has 0 spiro atoms. The van der Waals surface area contributed by atoms with E-state index < -0.39 is 6.10 Å². The van der Waals surface area contributed by atoms with Gasteiger partial charge in [0.1, 0.15) is 0 Å². The number of aromatic amines is 1. The molecular weight excluding hydrogens is 286 g/mol. The number of rotatable bonds is 2. The number of aromatic nitrogens is 2. The topological polar surface area (TPSA) is 69.2 Å². The first-order chi connectivity index (χ1) is 9.15. The van der Waals surface area contributed by atoms with Gasteiger partial charge in [0, 0.05) is 13.1 Å². The number of nitrogens with one attached hydrogen (secondary N) is 1. The number of aliphatic hydroxyl groups excluding tert-OH is 1. The molecule has 5 nitrogen and oxygen atoms in total. The van der Waals surface area contributed by atoms with Crippen molar-refractivity contribution in [3.8, 4) is 10.6 Å². The number of carbonyl (C=O) groups is 1. The highest BCUT2D eigenvalue weighted by Crippen LogP contribution is 2.32. The second kappa shape index (κ2) is 4.96. The Kier molecular flexibility index (Phi) is 3.30.